The quantitative estimate of drug-likeness (QED) is 0.0171. The number of aromatic hydroxyl groups is 1. The number of aromatic nitrogens is 16. The first-order chi connectivity index (χ1) is 68.5. The number of tetrazole rings is 4. The van der Waals surface area contributed by atoms with Crippen LogP contribution in [0.2, 0.25) is 0 Å². The molecule has 4 atom stereocenters. The maximum atomic E-state index is 13.4. The van der Waals surface area contributed by atoms with Crippen molar-refractivity contribution in [3.8, 4) is 95.8 Å². The Morgan fingerprint density at radius 2 is 0.496 bits per heavy atom. The Labute approximate surface area is 814 Å². The maximum absolute atomic E-state index is 13.4. The summed E-state index contributed by atoms with van der Waals surface area (Å²) in [6.45, 7) is 10.6. The number of hydrogen-bond acceptors (Lipinski definition) is 21. The highest BCUT2D eigenvalue weighted by atomic mass is 19.1. The maximum Gasteiger partial charge on any atom is 0.326 e. The van der Waals surface area contributed by atoms with Crippen molar-refractivity contribution in [1.29, 1.82) is 0 Å². The second-order valence-corrected chi connectivity index (χ2v) is 33.6. The number of nitrogens with zero attached hydrogens (tertiary/aromatic N) is 16. The number of benzene rings is 11. The first-order valence-electron chi connectivity index (χ1n) is 46.9. The van der Waals surface area contributed by atoms with E-state index in [1.807, 2.05) is 252 Å². The molecule has 4 amide bonds. The largest absolute Gasteiger partial charge is 0.508 e. The minimum absolute atomic E-state index is 0.0869. The van der Waals surface area contributed by atoms with Crippen molar-refractivity contribution >= 4 is 47.5 Å². The molecule has 15 aromatic rings. The minimum atomic E-state index is -1.10. The summed E-state index contributed by atoms with van der Waals surface area (Å²) in [5.74, 6) is -3.12. The molecule has 0 saturated carbocycles. The Morgan fingerprint density at radius 3 is 0.723 bits per heavy atom. The highest BCUT2D eigenvalue weighted by molar-refractivity contribution is 5.89. The van der Waals surface area contributed by atoms with Crippen LogP contribution in [0.15, 0.2) is 273 Å². The summed E-state index contributed by atoms with van der Waals surface area (Å²) in [7, 11) is 0. The van der Waals surface area contributed by atoms with Crippen molar-refractivity contribution in [3.63, 3.8) is 0 Å². The van der Waals surface area contributed by atoms with Gasteiger partial charge in [-0.2, -0.15) is 20.9 Å². The number of aliphatic carboxylic acids is 4. The molecule has 11 aromatic carbocycles. The second kappa shape index (κ2) is 52.5. The number of aromatic amines is 4. The Morgan fingerprint density at radius 1 is 0.277 bits per heavy atom. The van der Waals surface area contributed by atoms with Crippen LogP contribution >= 0.6 is 0 Å². The van der Waals surface area contributed by atoms with Gasteiger partial charge in [-0.1, -0.05) is 309 Å². The van der Waals surface area contributed by atoms with E-state index in [0.29, 0.717) is 61.0 Å². The number of halogens is 1. The lowest BCUT2D eigenvalue weighted by molar-refractivity contribution is -0.151. The zero-order valence-corrected chi connectivity index (χ0v) is 79.0. The Balaban J connectivity index is 0.000000168. The topological polar surface area (TPSA) is 469 Å². The van der Waals surface area contributed by atoms with Crippen molar-refractivity contribution in [2.75, 3.05) is 0 Å². The summed E-state index contributed by atoms with van der Waals surface area (Å²) in [4.78, 5) is 107. The molecule has 9 N–H and O–H groups in total. The molecule has 0 aliphatic heterocycles. The Kier molecular flexibility index (Phi) is 38.4. The molecule has 0 bridgehead atoms. The van der Waals surface area contributed by atoms with Gasteiger partial charge in [0.2, 0.25) is 46.9 Å². The molecule has 0 spiro atoms. The second-order valence-electron chi connectivity index (χ2n) is 33.6. The van der Waals surface area contributed by atoms with E-state index in [2.05, 4.69) is 82.5 Å². The van der Waals surface area contributed by atoms with Crippen LogP contribution in [0.1, 0.15) is 157 Å². The van der Waals surface area contributed by atoms with Crippen LogP contribution in [0.3, 0.4) is 0 Å². The summed E-state index contributed by atoms with van der Waals surface area (Å²) in [5, 5.41) is 106. The molecule has 4 heterocycles. The smallest absolute Gasteiger partial charge is 0.326 e. The number of carbonyl (C=O) groups excluding carboxylic acids is 4. The highest BCUT2D eigenvalue weighted by Gasteiger charge is 2.35. The molecule has 726 valence electrons. The molecular formula is C107H113FN20O13. The lowest BCUT2D eigenvalue weighted by Crippen LogP contribution is -2.46. The van der Waals surface area contributed by atoms with Gasteiger partial charge in [-0.25, -0.2) is 23.6 Å². The third kappa shape index (κ3) is 29.1. The van der Waals surface area contributed by atoms with Crippen LogP contribution in [-0.2, 0) is 83.8 Å². The van der Waals surface area contributed by atoms with Crippen molar-refractivity contribution < 1.29 is 68.3 Å². The molecule has 0 aliphatic rings. The number of carboxylic acid groups (broad SMARTS) is 4. The van der Waals surface area contributed by atoms with Crippen LogP contribution in [0.5, 0.6) is 5.75 Å². The number of carboxylic acids is 4. The standard InChI is InChI=1S/C28H28FN5O3.C28H29N5O4.C28H29N5O3.C23H27N5O3/c1-2-3-8-26(35)34(25(28(36)37)17-19-11-15-22(29)16-12-19)18-20-9-13-21(14-10-20)23-6-4-5-7-24(23)27-30-32-33-31-27;1-2-3-8-26(35)33(25(28(36)37)17-19-11-15-22(34)16-12-19)18-20-9-13-21(14-10-20)23-6-4-5-7-24(23)27-29-31-32-30-27;1-2-3-13-26(34)33(25(28(35)36)18-20-9-5-4-6-10-20)19-21-14-16-22(17-15-21)23-11-7-8-12-24(23)27-29-31-32-30-27;1-3-5-10-21(29)28(20(4-2)23(30)31)15-16-11-13-17(14-12-16)18-8-6-7-9-19(18)22-24-26-27-25-22/h4-7,9-16,25H,2-3,8,17-18H2,1H3,(H,36,37)(H,30,31,32,33);4-7,9-16,25,34H,2-3,8,17-18H2,1H3,(H,36,37)(H,29,30,31,32);4-12,14-17,25H,2-3,13,18-19H2,1H3,(H,35,36)(H,29,30,31,32);6-9,11-14,20H,3-5,10,15H2,1-2H3,(H,30,31)(H,24,25,26,27)/t;;;20-/m...0/s1. The molecule has 33 nitrogen and oxygen atoms in total. The van der Waals surface area contributed by atoms with E-state index in [1.54, 1.807) is 31.2 Å². The van der Waals surface area contributed by atoms with Gasteiger partial charge in [0, 0.05) is 93.4 Å². The SMILES string of the molecule is CCCCC(=O)N(Cc1ccc(-c2ccccc2-c2nn[nH]n2)cc1)C(Cc1ccc(F)cc1)C(=O)O.CCCCC(=O)N(Cc1ccc(-c2ccccc2-c2nn[nH]n2)cc1)C(Cc1ccc(O)cc1)C(=O)O.CCCCC(=O)N(Cc1ccc(-c2ccccc2-c2nn[nH]n2)cc1)C(Cc1ccccc1)C(=O)O.CCCCC(=O)N(Cc1ccc(-c2ccccc2-c2nn[nH]n2)cc1)[C@@H](CC)C(=O)O. The van der Waals surface area contributed by atoms with Crippen LogP contribution in [0, 0.1) is 5.82 Å². The van der Waals surface area contributed by atoms with Gasteiger partial charge in [-0.15, -0.1) is 40.8 Å². The van der Waals surface area contributed by atoms with Gasteiger partial charge in [0.1, 0.15) is 35.7 Å². The molecular weight excluding hydrogens is 1790 g/mol. The van der Waals surface area contributed by atoms with E-state index < -0.39 is 53.9 Å². The average Bonchev–Trinajstić information content (AvgIpc) is 1.75. The minimum Gasteiger partial charge on any atom is -0.508 e. The van der Waals surface area contributed by atoms with Gasteiger partial charge in [-0.3, -0.25) is 19.2 Å². The fourth-order valence-corrected chi connectivity index (χ4v) is 16.2. The Bertz CT molecular complexity index is 6280. The number of hydrogen-bond donors (Lipinski definition) is 9. The van der Waals surface area contributed by atoms with Crippen LogP contribution in [-0.4, -0.2) is 199 Å². The van der Waals surface area contributed by atoms with Crippen LogP contribution in [0.4, 0.5) is 4.39 Å². The molecule has 3 unspecified atom stereocenters. The number of amides is 4. The highest BCUT2D eigenvalue weighted by Crippen LogP contribution is 2.36. The van der Waals surface area contributed by atoms with Gasteiger partial charge in [0.05, 0.1) is 0 Å². The van der Waals surface area contributed by atoms with Gasteiger partial charge in [0.25, 0.3) is 0 Å². The summed E-state index contributed by atoms with van der Waals surface area (Å²) in [6.07, 6.45) is 8.32. The predicted octanol–water partition coefficient (Wildman–Crippen LogP) is 18.0. The summed E-state index contributed by atoms with van der Waals surface area (Å²) < 4.78 is 13.4. The average molecular weight is 1910 g/mol. The number of carbonyl (C=O) groups is 8. The molecule has 0 fully saturated rings. The van der Waals surface area contributed by atoms with Crippen LogP contribution in [0.25, 0.3) is 90.1 Å². The van der Waals surface area contributed by atoms with Gasteiger partial charge in [-0.05, 0) is 161 Å². The first kappa shape index (κ1) is 103. The summed E-state index contributed by atoms with van der Waals surface area (Å²) in [5.41, 5.74) is 16.6. The van der Waals surface area contributed by atoms with E-state index in [-0.39, 0.29) is 87.7 Å². The van der Waals surface area contributed by atoms with Crippen LogP contribution < -0.4 is 0 Å². The molecule has 34 heteroatoms. The fourth-order valence-electron chi connectivity index (χ4n) is 16.2. The van der Waals surface area contributed by atoms with Crippen molar-refractivity contribution in [3.05, 3.63) is 318 Å². The van der Waals surface area contributed by atoms with E-state index in [1.165, 1.54) is 43.9 Å². The van der Waals surface area contributed by atoms with Gasteiger partial charge >= 0.3 is 23.9 Å². The normalized spacial score (nSPS) is 11.7. The predicted molar refractivity (Wildman–Crippen MR) is 529 cm³/mol. The first-order valence-corrected chi connectivity index (χ1v) is 46.9. The molecule has 0 saturated heterocycles. The summed E-state index contributed by atoms with van der Waals surface area (Å²) >= 11 is 0. The Hall–Kier alpha value is -16.8. The van der Waals surface area contributed by atoms with Gasteiger partial charge in [0.15, 0.2) is 0 Å². The summed E-state index contributed by atoms with van der Waals surface area (Å²) in [6, 6.07) is 79.5. The lowest BCUT2D eigenvalue weighted by Gasteiger charge is -2.29. The van der Waals surface area contributed by atoms with Crippen molar-refractivity contribution in [1.82, 2.24) is 102 Å². The fraction of sp³-hybridized carbons (Fsp3) is 0.271. The van der Waals surface area contributed by atoms with E-state index in [0.717, 1.165) is 139 Å². The molecule has 0 radical (unpaired) electrons. The number of phenolic OH excluding ortho intramolecular Hbond substituents is 1. The molecule has 0 aliphatic carbocycles. The van der Waals surface area contributed by atoms with E-state index >= 15 is 0 Å². The molecule has 141 heavy (non-hydrogen) atoms. The number of H-pyrrole nitrogens is 4. The zero-order valence-electron chi connectivity index (χ0n) is 79.0. The third-order valence-corrected chi connectivity index (χ3v) is 23.8. The van der Waals surface area contributed by atoms with Crippen molar-refractivity contribution in [2.24, 2.45) is 0 Å². The number of nitrogens with one attached hydrogen (secondary N) is 4. The third-order valence-electron chi connectivity index (χ3n) is 23.8. The molecule has 15 rings (SSSR count). The lowest BCUT2D eigenvalue weighted by atomic mass is 9.98. The zero-order chi connectivity index (χ0) is 99.9. The van der Waals surface area contributed by atoms with E-state index in [9.17, 15) is 68.3 Å². The number of rotatable bonds is 43. The number of unbranched alkanes of at least 4 members (excludes halogenated alkanes) is 4. The van der Waals surface area contributed by atoms with E-state index in [4.69, 9.17) is 0 Å². The molecule has 4 aromatic heterocycles. The van der Waals surface area contributed by atoms with Gasteiger partial charge < -0.3 is 45.1 Å². The monoisotopic (exact) mass is 1900 g/mol. The number of phenols is 1. The van der Waals surface area contributed by atoms with Crippen molar-refractivity contribution in [2.45, 2.75) is 188 Å².